The molecule has 0 unspecified atom stereocenters. The summed E-state index contributed by atoms with van der Waals surface area (Å²) in [5.41, 5.74) is 1.02. The third kappa shape index (κ3) is 3.94. The van der Waals surface area contributed by atoms with Crippen molar-refractivity contribution in [2.24, 2.45) is 5.92 Å². The van der Waals surface area contributed by atoms with Crippen molar-refractivity contribution in [3.05, 3.63) is 70.8 Å². The molecule has 2 heterocycles. The molecule has 0 saturated carbocycles. The first-order valence-electron chi connectivity index (χ1n) is 10.9. The van der Waals surface area contributed by atoms with Crippen molar-refractivity contribution in [2.75, 3.05) is 23.0 Å². The zero-order valence-corrected chi connectivity index (χ0v) is 18.8. The summed E-state index contributed by atoms with van der Waals surface area (Å²) < 4.78 is 0. The lowest BCUT2D eigenvalue weighted by Gasteiger charge is -2.28. The van der Waals surface area contributed by atoms with E-state index in [0.717, 1.165) is 17.7 Å². The number of carbonyl (C=O) groups is 2. The molecule has 4 rings (SSSR count). The number of hydrogen-bond donors (Lipinski definition) is 2. The first-order chi connectivity index (χ1) is 15.4. The van der Waals surface area contributed by atoms with Gasteiger partial charge in [0.25, 0.3) is 5.91 Å². The average molecular weight is 455 g/mol. The van der Waals surface area contributed by atoms with Gasteiger partial charge in [-0.15, -0.1) is 0 Å². The molecule has 0 bridgehead atoms. The van der Waals surface area contributed by atoms with Crippen molar-refractivity contribution in [3.63, 3.8) is 0 Å². The molecule has 32 heavy (non-hydrogen) atoms. The lowest BCUT2D eigenvalue weighted by Crippen LogP contribution is -2.44. The van der Waals surface area contributed by atoms with Gasteiger partial charge in [-0.25, -0.2) is 0 Å². The zero-order valence-electron chi connectivity index (χ0n) is 18.0. The second-order valence-electron chi connectivity index (χ2n) is 8.37. The Morgan fingerprint density at radius 2 is 2.03 bits per heavy atom. The van der Waals surface area contributed by atoms with Gasteiger partial charge in [0.1, 0.15) is 0 Å². The van der Waals surface area contributed by atoms with Gasteiger partial charge in [0.05, 0.1) is 12.2 Å². The van der Waals surface area contributed by atoms with E-state index < -0.39 is 17.4 Å². The first-order valence-corrected chi connectivity index (χ1v) is 11.2. The van der Waals surface area contributed by atoms with Crippen molar-refractivity contribution >= 4 is 34.8 Å². The molecule has 168 valence electrons. The monoisotopic (exact) mass is 454 g/mol. The number of benzene rings is 2. The number of nitrogens with zero attached hydrogens (tertiary/aromatic N) is 2. The van der Waals surface area contributed by atoms with Crippen LogP contribution in [0.5, 0.6) is 0 Å². The summed E-state index contributed by atoms with van der Waals surface area (Å²) in [4.78, 5) is 29.0. The maximum atomic E-state index is 13.6. The topological polar surface area (TPSA) is 81.1 Å². The van der Waals surface area contributed by atoms with Crippen LogP contribution in [-0.4, -0.2) is 35.2 Å². The van der Waals surface area contributed by atoms with E-state index in [1.54, 1.807) is 47.1 Å². The maximum Gasteiger partial charge on any atom is 0.264 e. The zero-order chi connectivity index (χ0) is 22.9. The van der Waals surface area contributed by atoms with E-state index >= 15 is 0 Å². The van der Waals surface area contributed by atoms with E-state index in [0.29, 0.717) is 35.7 Å². The minimum atomic E-state index is -1.76. The molecule has 2 aromatic rings. The summed E-state index contributed by atoms with van der Waals surface area (Å²) in [6.45, 7) is 2.74. The number of anilines is 2. The second kappa shape index (κ2) is 9.06. The number of fused-ring (bicyclic) bond motifs is 1. The van der Waals surface area contributed by atoms with E-state index in [4.69, 9.17) is 16.7 Å². The number of amides is 2. The fraction of sp³-hybridized carbons (Fsp3) is 0.360. The summed E-state index contributed by atoms with van der Waals surface area (Å²) in [5.74, 6) is -0.826. The van der Waals surface area contributed by atoms with Crippen LogP contribution in [-0.2, 0) is 21.7 Å². The number of aliphatic hydroxyl groups is 2. The molecule has 2 atom stereocenters. The molecule has 1 fully saturated rings. The van der Waals surface area contributed by atoms with Crippen LogP contribution in [0, 0.1) is 5.92 Å². The summed E-state index contributed by atoms with van der Waals surface area (Å²) in [5, 5.41) is 21.1. The van der Waals surface area contributed by atoms with Crippen LogP contribution in [0.2, 0.25) is 5.02 Å². The van der Waals surface area contributed by atoms with Crippen molar-refractivity contribution < 1.29 is 19.8 Å². The van der Waals surface area contributed by atoms with E-state index in [1.807, 2.05) is 24.3 Å². The lowest BCUT2D eigenvalue weighted by molar-refractivity contribution is -0.139. The second-order valence-corrected chi connectivity index (χ2v) is 8.80. The van der Waals surface area contributed by atoms with Crippen LogP contribution in [0.3, 0.4) is 0 Å². The summed E-state index contributed by atoms with van der Waals surface area (Å²) >= 11 is 6.22. The Bertz CT molecular complexity index is 1070. The van der Waals surface area contributed by atoms with E-state index in [9.17, 15) is 14.7 Å². The van der Waals surface area contributed by atoms with Crippen molar-refractivity contribution in [2.45, 2.75) is 38.3 Å². The Morgan fingerprint density at radius 3 is 2.75 bits per heavy atom. The highest BCUT2D eigenvalue weighted by molar-refractivity contribution is 6.31. The van der Waals surface area contributed by atoms with Crippen LogP contribution in [0.4, 0.5) is 11.4 Å². The Kier molecular flexibility index (Phi) is 6.38. The molecular formula is C25H27ClN2O4. The van der Waals surface area contributed by atoms with Crippen LogP contribution in [0.1, 0.15) is 37.3 Å². The van der Waals surface area contributed by atoms with Crippen LogP contribution in [0.25, 0.3) is 0 Å². The average Bonchev–Trinajstić information content (AvgIpc) is 3.30. The highest BCUT2D eigenvalue weighted by Gasteiger charge is 2.52. The van der Waals surface area contributed by atoms with Gasteiger partial charge in [0.15, 0.2) is 5.60 Å². The molecule has 0 aromatic heterocycles. The molecule has 0 spiro atoms. The molecule has 2 aliphatic rings. The number of rotatable bonds is 7. The fourth-order valence-corrected chi connectivity index (χ4v) is 4.69. The van der Waals surface area contributed by atoms with Gasteiger partial charge in [-0.1, -0.05) is 42.8 Å². The van der Waals surface area contributed by atoms with Gasteiger partial charge < -0.3 is 20.0 Å². The summed E-state index contributed by atoms with van der Waals surface area (Å²) in [6, 6.07) is 12.7. The number of halogens is 1. The Morgan fingerprint density at radius 1 is 1.22 bits per heavy atom. The minimum absolute atomic E-state index is 0.00000372. The predicted octanol–water partition coefficient (Wildman–Crippen LogP) is 3.78. The SMILES string of the molecule is C[C@@H](/C=C/CCO)[C@]1(O)C(=O)N(Cc2cccc(N3CCCC3=O)c2)c2ccc(Cl)cc21. The lowest BCUT2D eigenvalue weighted by atomic mass is 9.83. The molecule has 2 aliphatic heterocycles. The fourth-order valence-electron chi connectivity index (χ4n) is 4.52. The molecule has 2 amide bonds. The normalized spacial score (nSPS) is 21.6. The highest BCUT2D eigenvalue weighted by atomic mass is 35.5. The van der Waals surface area contributed by atoms with Crippen molar-refractivity contribution in [3.8, 4) is 0 Å². The van der Waals surface area contributed by atoms with Gasteiger partial charge in [-0.2, -0.15) is 0 Å². The van der Waals surface area contributed by atoms with Crippen molar-refractivity contribution in [1.29, 1.82) is 0 Å². The molecule has 0 aliphatic carbocycles. The maximum absolute atomic E-state index is 13.6. The van der Waals surface area contributed by atoms with E-state index in [1.165, 1.54) is 0 Å². The van der Waals surface area contributed by atoms with Crippen molar-refractivity contribution in [1.82, 2.24) is 0 Å². The van der Waals surface area contributed by atoms with Gasteiger partial charge >= 0.3 is 0 Å². The molecular weight excluding hydrogens is 428 g/mol. The van der Waals surface area contributed by atoms with E-state index in [2.05, 4.69) is 0 Å². The van der Waals surface area contributed by atoms with Crippen LogP contribution in [0.15, 0.2) is 54.6 Å². The van der Waals surface area contributed by atoms with Crippen LogP contribution < -0.4 is 9.80 Å². The van der Waals surface area contributed by atoms with Gasteiger partial charge in [0, 0.05) is 41.8 Å². The quantitative estimate of drug-likeness (QED) is 0.624. The molecule has 1 saturated heterocycles. The molecule has 2 N–H and O–H groups in total. The van der Waals surface area contributed by atoms with Crippen LogP contribution >= 0.6 is 11.6 Å². The largest absolute Gasteiger partial charge is 0.396 e. The standard InChI is InChI=1S/C25H27ClN2O4/c1-17(6-2-3-13-29)25(32)21-15-19(26)10-11-22(21)28(24(25)31)16-18-7-4-8-20(14-18)27-12-5-9-23(27)30/h2,4,6-8,10-11,14-15,17,29,32H,3,5,9,12-13,16H2,1H3/b6-2+/t17-,25+/m0/s1. The molecule has 7 heteroatoms. The van der Waals surface area contributed by atoms with Gasteiger partial charge in [0.2, 0.25) is 5.91 Å². The Balaban J connectivity index is 1.67. The minimum Gasteiger partial charge on any atom is -0.396 e. The first kappa shape index (κ1) is 22.5. The van der Waals surface area contributed by atoms with E-state index in [-0.39, 0.29) is 19.1 Å². The van der Waals surface area contributed by atoms with Gasteiger partial charge in [-0.05, 0) is 48.7 Å². The summed E-state index contributed by atoms with van der Waals surface area (Å²) in [6.07, 6.45) is 5.36. The predicted molar refractivity (Wildman–Crippen MR) is 125 cm³/mol. The van der Waals surface area contributed by atoms with Gasteiger partial charge in [-0.3, -0.25) is 9.59 Å². The number of carbonyl (C=O) groups excluding carboxylic acids is 2. The molecule has 6 nitrogen and oxygen atoms in total. The smallest absolute Gasteiger partial charge is 0.264 e. The number of hydrogen-bond acceptors (Lipinski definition) is 4. The molecule has 0 radical (unpaired) electrons. The Labute approximate surface area is 192 Å². The summed E-state index contributed by atoms with van der Waals surface area (Å²) in [7, 11) is 0. The Hall–Kier alpha value is -2.67. The third-order valence-corrected chi connectivity index (χ3v) is 6.48. The number of aliphatic hydroxyl groups excluding tert-OH is 1. The highest BCUT2D eigenvalue weighted by Crippen LogP contribution is 2.46. The third-order valence-electron chi connectivity index (χ3n) is 6.25. The molecule has 2 aromatic carbocycles.